The molecule has 2 aromatic heterocycles. The number of hydrogen-bond donors (Lipinski definition) is 1. The van der Waals surface area contributed by atoms with E-state index in [-0.39, 0.29) is 24.1 Å². The largest absolute Gasteiger partial charge is 0.350 e. The Morgan fingerprint density at radius 2 is 1.76 bits per heavy atom. The third-order valence-corrected chi connectivity index (χ3v) is 6.02. The molecule has 7 heteroatoms. The number of amides is 2. The number of fused-ring (bicyclic) bond motifs is 2. The molecule has 1 N–H and O–H groups in total. The molecule has 33 heavy (non-hydrogen) atoms. The van der Waals surface area contributed by atoms with Crippen LogP contribution in [0.3, 0.4) is 0 Å². The summed E-state index contributed by atoms with van der Waals surface area (Å²) in [5, 5.41) is 4.65. The fourth-order valence-corrected chi connectivity index (χ4v) is 4.31. The molecular formula is C26H21FN4O2. The Kier molecular flexibility index (Phi) is 5.52. The zero-order valence-electron chi connectivity index (χ0n) is 17.7. The van der Waals surface area contributed by atoms with Crippen molar-refractivity contribution < 1.29 is 14.0 Å². The van der Waals surface area contributed by atoms with E-state index < -0.39 is 11.9 Å². The summed E-state index contributed by atoms with van der Waals surface area (Å²) >= 11 is 0. The van der Waals surface area contributed by atoms with Crippen molar-refractivity contribution in [1.82, 2.24) is 20.2 Å². The van der Waals surface area contributed by atoms with Gasteiger partial charge in [-0.2, -0.15) is 4.39 Å². The van der Waals surface area contributed by atoms with Gasteiger partial charge in [-0.25, -0.2) is 4.98 Å². The van der Waals surface area contributed by atoms with Gasteiger partial charge in [-0.05, 0) is 35.1 Å². The second-order valence-electron chi connectivity index (χ2n) is 8.02. The number of halogens is 1. The predicted octanol–water partition coefficient (Wildman–Crippen LogP) is 3.77. The first-order valence-corrected chi connectivity index (χ1v) is 10.7. The second kappa shape index (κ2) is 8.78. The normalized spacial score (nSPS) is 15.2. The number of aromatic nitrogens is 2. The van der Waals surface area contributed by atoms with Crippen molar-refractivity contribution in [2.45, 2.75) is 19.0 Å². The Morgan fingerprint density at radius 3 is 2.61 bits per heavy atom. The predicted molar refractivity (Wildman–Crippen MR) is 122 cm³/mol. The number of nitrogens with zero attached hydrogens (tertiary/aromatic N) is 3. The van der Waals surface area contributed by atoms with Crippen LogP contribution in [-0.2, 0) is 13.0 Å². The van der Waals surface area contributed by atoms with Crippen LogP contribution in [0.25, 0.3) is 10.8 Å². The maximum atomic E-state index is 14.3. The lowest BCUT2D eigenvalue weighted by molar-refractivity contribution is 0.0623. The van der Waals surface area contributed by atoms with Gasteiger partial charge in [0.05, 0.1) is 17.2 Å². The molecule has 2 aromatic carbocycles. The SMILES string of the molecule is O=C(NCC1Cc2ccccc2CN1C(=O)c1cccnc1F)c1cncc2ccccc12. The van der Waals surface area contributed by atoms with Gasteiger partial charge in [0.2, 0.25) is 5.95 Å². The van der Waals surface area contributed by atoms with Crippen LogP contribution in [0.4, 0.5) is 4.39 Å². The Balaban J connectivity index is 1.41. The van der Waals surface area contributed by atoms with Gasteiger partial charge in [0.15, 0.2) is 0 Å². The van der Waals surface area contributed by atoms with Gasteiger partial charge in [0, 0.05) is 37.1 Å². The lowest BCUT2D eigenvalue weighted by atomic mass is 9.93. The summed E-state index contributed by atoms with van der Waals surface area (Å²) in [4.78, 5) is 35.7. The monoisotopic (exact) mass is 440 g/mol. The number of benzene rings is 2. The molecule has 0 spiro atoms. The summed E-state index contributed by atoms with van der Waals surface area (Å²) in [5.74, 6) is -1.51. The maximum absolute atomic E-state index is 14.3. The van der Waals surface area contributed by atoms with E-state index in [1.165, 1.54) is 12.3 Å². The van der Waals surface area contributed by atoms with Gasteiger partial charge in [-0.15, -0.1) is 0 Å². The molecule has 0 aliphatic carbocycles. The first-order chi connectivity index (χ1) is 16.1. The number of rotatable bonds is 4. The summed E-state index contributed by atoms with van der Waals surface area (Å²) in [5.41, 5.74) is 2.52. The lowest BCUT2D eigenvalue weighted by Gasteiger charge is -2.37. The van der Waals surface area contributed by atoms with Crippen molar-refractivity contribution in [3.63, 3.8) is 0 Å². The fraction of sp³-hybridized carbons (Fsp3) is 0.154. The van der Waals surface area contributed by atoms with E-state index in [9.17, 15) is 14.0 Å². The summed E-state index contributed by atoms with van der Waals surface area (Å²) in [6.45, 7) is 0.559. The molecule has 1 atom stereocenters. The molecule has 0 saturated heterocycles. The van der Waals surface area contributed by atoms with E-state index >= 15 is 0 Å². The topological polar surface area (TPSA) is 75.2 Å². The van der Waals surface area contributed by atoms with Crippen LogP contribution in [0.15, 0.2) is 79.3 Å². The molecule has 2 amide bonds. The van der Waals surface area contributed by atoms with Crippen LogP contribution in [0, 0.1) is 5.95 Å². The molecule has 1 unspecified atom stereocenters. The average molecular weight is 440 g/mol. The van der Waals surface area contributed by atoms with Crippen molar-refractivity contribution in [1.29, 1.82) is 0 Å². The van der Waals surface area contributed by atoms with Gasteiger partial charge in [0.1, 0.15) is 0 Å². The highest BCUT2D eigenvalue weighted by molar-refractivity contribution is 6.06. The molecule has 1 aliphatic heterocycles. The standard InChI is InChI=1S/C26H21FN4O2/c27-24-22(10-5-11-29-24)26(33)31-16-19-8-2-1-6-17(19)12-20(31)14-30-25(32)23-15-28-13-18-7-3-4-9-21(18)23/h1-11,13,15,20H,12,14,16H2,(H,30,32). The smallest absolute Gasteiger partial charge is 0.259 e. The molecule has 4 aromatic rings. The third kappa shape index (κ3) is 4.05. The molecule has 164 valence electrons. The van der Waals surface area contributed by atoms with Crippen LogP contribution in [-0.4, -0.2) is 39.3 Å². The molecule has 1 aliphatic rings. The minimum atomic E-state index is -0.800. The highest BCUT2D eigenvalue weighted by atomic mass is 19.1. The van der Waals surface area contributed by atoms with E-state index in [4.69, 9.17) is 0 Å². The van der Waals surface area contributed by atoms with E-state index in [0.717, 1.165) is 21.9 Å². The van der Waals surface area contributed by atoms with E-state index in [1.807, 2.05) is 48.5 Å². The molecule has 5 rings (SSSR count). The Hall–Kier alpha value is -4.13. The van der Waals surface area contributed by atoms with Crippen LogP contribution in [0.1, 0.15) is 31.8 Å². The zero-order valence-corrected chi connectivity index (χ0v) is 17.7. The summed E-state index contributed by atoms with van der Waals surface area (Å²) < 4.78 is 14.3. The highest BCUT2D eigenvalue weighted by Crippen LogP contribution is 2.25. The summed E-state index contributed by atoms with van der Waals surface area (Å²) in [6.07, 6.45) is 5.13. The van der Waals surface area contributed by atoms with Crippen molar-refractivity contribution in [3.05, 3.63) is 107 Å². The number of nitrogens with one attached hydrogen (secondary N) is 1. The van der Waals surface area contributed by atoms with Gasteiger partial charge in [0.25, 0.3) is 11.8 Å². The molecule has 0 saturated carbocycles. The van der Waals surface area contributed by atoms with E-state index in [2.05, 4.69) is 15.3 Å². The summed E-state index contributed by atoms with van der Waals surface area (Å²) in [7, 11) is 0. The minimum Gasteiger partial charge on any atom is -0.350 e. The third-order valence-electron chi connectivity index (χ3n) is 6.02. The minimum absolute atomic E-state index is 0.0774. The quantitative estimate of drug-likeness (QED) is 0.491. The number of carbonyl (C=O) groups excluding carboxylic acids is 2. The second-order valence-corrected chi connectivity index (χ2v) is 8.02. The maximum Gasteiger partial charge on any atom is 0.259 e. The Bertz CT molecular complexity index is 1350. The van der Waals surface area contributed by atoms with Crippen LogP contribution in [0.2, 0.25) is 0 Å². The van der Waals surface area contributed by atoms with Gasteiger partial charge >= 0.3 is 0 Å². The molecule has 3 heterocycles. The number of pyridine rings is 2. The van der Waals surface area contributed by atoms with Gasteiger partial charge in [-0.3, -0.25) is 14.6 Å². The number of carbonyl (C=O) groups is 2. The van der Waals surface area contributed by atoms with Gasteiger partial charge < -0.3 is 10.2 Å². The van der Waals surface area contributed by atoms with Crippen molar-refractivity contribution in [2.75, 3.05) is 6.54 Å². The number of hydrogen-bond acceptors (Lipinski definition) is 4. The molecule has 0 bridgehead atoms. The first kappa shape index (κ1) is 20.8. The Labute approximate surface area is 190 Å². The van der Waals surface area contributed by atoms with Crippen LogP contribution >= 0.6 is 0 Å². The summed E-state index contributed by atoms with van der Waals surface area (Å²) in [6, 6.07) is 18.0. The molecule has 0 fully saturated rings. The Morgan fingerprint density at radius 1 is 0.970 bits per heavy atom. The van der Waals surface area contributed by atoms with Crippen LogP contribution in [0.5, 0.6) is 0 Å². The molecule has 6 nitrogen and oxygen atoms in total. The van der Waals surface area contributed by atoms with Crippen molar-refractivity contribution in [3.8, 4) is 0 Å². The van der Waals surface area contributed by atoms with E-state index in [0.29, 0.717) is 18.5 Å². The molecular weight excluding hydrogens is 419 g/mol. The average Bonchev–Trinajstić information content (AvgIpc) is 2.86. The van der Waals surface area contributed by atoms with Crippen molar-refractivity contribution >= 4 is 22.6 Å². The highest BCUT2D eigenvalue weighted by Gasteiger charge is 2.32. The lowest BCUT2D eigenvalue weighted by Crippen LogP contribution is -2.50. The first-order valence-electron chi connectivity index (χ1n) is 10.7. The van der Waals surface area contributed by atoms with E-state index in [1.54, 1.807) is 23.4 Å². The van der Waals surface area contributed by atoms with Gasteiger partial charge in [-0.1, -0.05) is 48.5 Å². The zero-order chi connectivity index (χ0) is 22.8. The fourth-order valence-electron chi connectivity index (χ4n) is 4.31. The molecule has 0 radical (unpaired) electrons. The van der Waals surface area contributed by atoms with Crippen LogP contribution < -0.4 is 5.32 Å². The van der Waals surface area contributed by atoms with Crippen molar-refractivity contribution in [2.24, 2.45) is 0 Å².